The molecule has 2 heterocycles. The van der Waals surface area contributed by atoms with Crippen molar-refractivity contribution >= 4 is 23.5 Å². The van der Waals surface area contributed by atoms with E-state index in [2.05, 4.69) is 15.4 Å². The number of allylic oxidation sites excluding steroid dienone is 1. The second kappa shape index (κ2) is 7.72. The van der Waals surface area contributed by atoms with Crippen LogP contribution in [0.2, 0.25) is 5.02 Å². The van der Waals surface area contributed by atoms with E-state index >= 15 is 0 Å². The predicted molar refractivity (Wildman–Crippen MR) is 114 cm³/mol. The van der Waals surface area contributed by atoms with Crippen LogP contribution < -0.4 is 20.5 Å². The number of halogens is 1. The number of benzene rings is 2. The molecule has 0 aliphatic carbocycles. The van der Waals surface area contributed by atoms with Gasteiger partial charge in [-0.2, -0.15) is 4.98 Å². The van der Waals surface area contributed by atoms with Crippen LogP contribution in [0.25, 0.3) is 11.4 Å². The number of hydrogen-bond acceptors (Lipinski definition) is 6. The topological polar surface area (TPSA) is 104 Å². The Morgan fingerprint density at radius 1 is 1.13 bits per heavy atom. The molecule has 1 aromatic heterocycles. The first-order chi connectivity index (χ1) is 14.4. The molecule has 0 bridgehead atoms. The van der Waals surface area contributed by atoms with Crippen molar-refractivity contribution in [3.8, 4) is 22.9 Å². The lowest BCUT2D eigenvalue weighted by atomic mass is 9.95. The number of nitrogens with two attached hydrogens (primary N) is 1. The van der Waals surface area contributed by atoms with Crippen LogP contribution in [0, 0.1) is 0 Å². The Labute approximate surface area is 178 Å². The third-order valence-electron chi connectivity index (χ3n) is 4.91. The Kier molecular flexibility index (Phi) is 5.09. The first-order valence-electron chi connectivity index (χ1n) is 9.14. The number of carbonyl (C=O) groups excluding carboxylic acids is 1. The molecule has 154 valence electrons. The molecule has 1 atom stereocenters. The third kappa shape index (κ3) is 3.46. The molecule has 2 aromatic carbocycles. The van der Waals surface area contributed by atoms with Crippen LogP contribution in [0.4, 0.5) is 5.95 Å². The van der Waals surface area contributed by atoms with Gasteiger partial charge in [-0.25, -0.2) is 4.68 Å². The Hall–Kier alpha value is -3.52. The van der Waals surface area contributed by atoms with Gasteiger partial charge in [0.25, 0.3) is 0 Å². The minimum Gasteiger partial charge on any atom is -0.497 e. The second-order valence-corrected chi connectivity index (χ2v) is 7.22. The average Bonchev–Trinajstić information content (AvgIpc) is 3.16. The van der Waals surface area contributed by atoms with Crippen molar-refractivity contribution in [3.63, 3.8) is 0 Å². The summed E-state index contributed by atoms with van der Waals surface area (Å²) in [5.41, 5.74) is 8.26. The van der Waals surface area contributed by atoms with Gasteiger partial charge in [0.05, 0.1) is 19.8 Å². The minimum absolute atomic E-state index is 0.407. The van der Waals surface area contributed by atoms with E-state index in [0.717, 1.165) is 5.56 Å². The number of primary amides is 1. The number of aromatic nitrogens is 3. The molecule has 4 rings (SSSR count). The van der Waals surface area contributed by atoms with Crippen LogP contribution in [-0.2, 0) is 4.79 Å². The Bertz CT molecular complexity index is 1130. The molecule has 8 nitrogen and oxygen atoms in total. The van der Waals surface area contributed by atoms with Gasteiger partial charge in [-0.3, -0.25) is 4.79 Å². The maximum absolute atomic E-state index is 12.3. The molecule has 1 amide bonds. The van der Waals surface area contributed by atoms with E-state index in [1.807, 2.05) is 24.3 Å². The molecule has 0 saturated carbocycles. The zero-order valence-corrected chi connectivity index (χ0v) is 17.4. The molecular weight excluding hydrogens is 406 g/mol. The van der Waals surface area contributed by atoms with E-state index in [0.29, 0.717) is 45.1 Å². The first-order valence-corrected chi connectivity index (χ1v) is 9.52. The standard InChI is InChI=1S/C21H20ClN5O3/c1-11-17(19(23)28)18(12-4-6-14(22)7-5-12)27-21(24-11)25-20(26-27)13-8-15(29-2)10-16(9-13)30-3/h4-10,18H,1-3H3,(H2,23,28)(H,24,25,26)/t18-/m1/s1. The van der Waals surface area contributed by atoms with Crippen LogP contribution >= 0.6 is 11.6 Å². The zero-order valence-electron chi connectivity index (χ0n) is 16.6. The largest absolute Gasteiger partial charge is 0.497 e. The number of carbonyl (C=O) groups is 1. The summed E-state index contributed by atoms with van der Waals surface area (Å²) in [7, 11) is 3.16. The van der Waals surface area contributed by atoms with E-state index in [-0.39, 0.29) is 0 Å². The van der Waals surface area contributed by atoms with Crippen molar-refractivity contribution in [1.82, 2.24) is 14.8 Å². The van der Waals surface area contributed by atoms with Gasteiger partial charge < -0.3 is 20.5 Å². The molecule has 0 saturated heterocycles. The number of rotatable bonds is 5. The van der Waals surface area contributed by atoms with Gasteiger partial charge in [-0.1, -0.05) is 23.7 Å². The lowest BCUT2D eigenvalue weighted by molar-refractivity contribution is -0.115. The van der Waals surface area contributed by atoms with Gasteiger partial charge in [-0.15, -0.1) is 5.10 Å². The highest BCUT2D eigenvalue weighted by molar-refractivity contribution is 6.30. The number of methoxy groups -OCH3 is 2. The molecular formula is C21H20ClN5O3. The van der Waals surface area contributed by atoms with Crippen LogP contribution in [0.15, 0.2) is 53.7 Å². The lowest BCUT2D eigenvalue weighted by Gasteiger charge is -2.27. The SMILES string of the molecule is COc1cc(OC)cc(-c2nc3n(n2)[C@H](c2ccc(Cl)cc2)C(C(N)=O)=C(C)N3)c1. The Morgan fingerprint density at radius 3 is 2.33 bits per heavy atom. The van der Waals surface area contributed by atoms with Crippen LogP contribution in [-0.4, -0.2) is 34.9 Å². The van der Waals surface area contributed by atoms with Crippen molar-refractivity contribution in [1.29, 1.82) is 0 Å². The normalized spacial score (nSPS) is 15.4. The number of ether oxygens (including phenoxy) is 2. The Morgan fingerprint density at radius 2 is 1.77 bits per heavy atom. The van der Waals surface area contributed by atoms with E-state index < -0.39 is 11.9 Å². The summed E-state index contributed by atoms with van der Waals surface area (Å²) in [5.74, 6) is 1.64. The van der Waals surface area contributed by atoms with Crippen LogP contribution in [0.5, 0.6) is 11.5 Å². The van der Waals surface area contributed by atoms with Crippen LogP contribution in [0.3, 0.4) is 0 Å². The summed E-state index contributed by atoms with van der Waals surface area (Å²) in [6.07, 6.45) is 0. The molecule has 3 N–H and O–H groups in total. The molecule has 0 radical (unpaired) electrons. The quantitative estimate of drug-likeness (QED) is 0.649. The number of nitrogens with zero attached hydrogens (tertiary/aromatic N) is 3. The molecule has 1 aliphatic rings. The van der Waals surface area contributed by atoms with Crippen molar-refractivity contribution in [2.24, 2.45) is 5.73 Å². The van der Waals surface area contributed by atoms with Crippen molar-refractivity contribution < 1.29 is 14.3 Å². The van der Waals surface area contributed by atoms with Crippen molar-refractivity contribution in [2.45, 2.75) is 13.0 Å². The van der Waals surface area contributed by atoms with Gasteiger partial charge in [0.2, 0.25) is 11.9 Å². The summed E-state index contributed by atoms with van der Waals surface area (Å²) in [5, 5.41) is 8.40. The monoisotopic (exact) mass is 425 g/mol. The average molecular weight is 426 g/mol. The summed E-state index contributed by atoms with van der Waals surface area (Å²) >= 11 is 6.05. The highest BCUT2D eigenvalue weighted by atomic mass is 35.5. The first kappa shape index (κ1) is 19.8. The van der Waals surface area contributed by atoms with E-state index in [1.165, 1.54) is 0 Å². The fraction of sp³-hybridized carbons (Fsp3) is 0.190. The van der Waals surface area contributed by atoms with Gasteiger partial charge in [0.1, 0.15) is 17.5 Å². The lowest BCUT2D eigenvalue weighted by Crippen LogP contribution is -2.31. The molecule has 30 heavy (non-hydrogen) atoms. The van der Waals surface area contributed by atoms with Crippen molar-refractivity contribution in [3.05, 3.63) is 64.3 Å². The fourth-order valence-electron chi connectivity index (χ4n) is 3.48. The summed E-state index contributed by atoms with van der Waals surface area (Å²) in [6.45, 7) is 1.79. The highest BCUT2D eigenvalue weighted by Gasteiger charge is 2.33. The molecule has 1 aliphatic heterocycles. The van der Waals surface area contributed by atoms with Gasteiger partial charge in [0, 0.05) is 22.3 Å². The molecule has 0 unspecified atom stereocenters. The molecule has 3 aromatic rings. The van der Waals surface area contributed by atoms with E-state index in [9.17, 15) is 4.79 Å². The minimum atomic E-state index is -0.537. The number of nitrogens with one attached hydrogen (secondary N) is 1. The number of amides is 1. The number of anilines is 1. The highest BCUT2D eigenvalue weighted by Crippen LogP contribution is 2.37. The Balaban J connectivity index is 1.87. The fourth-order valence-corrected chi connectivity index (χ4v) is 3.61. The number of fused-ring (bicyclic) bond motifs is 1. The smallest absolute Gasteiger partial charge is 0.248 e. The summed E-state index contributed by atoms with van der Waals surface area (Å²) in [4.78, 5) is 16.9. The third-order valence-corrected chi connectivity index (χ3v) is 5.17. The maximum atomic E-state index is 12.3. The molecule has 0 fully saturated rings. The molecule has 0 spiro atoms. The summed E-state index contributed by atoms with van der Waals surface area (Å²) < 4.78 is 12.3. The van der Waals surface area contributed by atoms with Crippen molar-refractivity contribution in [2.75, 3.05) is 19.5 Å². The van der Waals surface area contributed by atoms with Gasteiger partial charge in [0.15, 0.2) is 5.82 Å². The summed E-state index contributed by atoms with van der Waals surface area (Å²) in [6, 6.07) is 12.1. The van der Waals surface area contributed by atoms with E-state index in [4.69, 9.17) is 26.8 Å². The van der Waals surface area contributed by atoms with E-state index in [1.54, 1.807) is 44.0 Å². The van der Waals surface area contributed by atoms with Gasteiger partial charge >= 0.3 is 0 Å². The number of hydrogen-bond donors (Lipinski definition) is 2. The van der Waals surface area contributed by atoms with Gasteiger partial charge in [-0.05, 0) is 36.8 Å². The maximum Gasteiger partial charge on any atom is 0.248 e. The predicted octanol–water partition coefficient (Wildman–Crippen LogP) is 3.39. The zero-order chi connectivity index (χ0) is 21.4. The second-order valence-electron chi connectivity index (χ2n) is 6.79. The molecule has 9 heteroatoms. The van der Waals surface area contributed by atoms with Crippen LogP contribution in [0.1, 0.15) is 18.5 Å².